The number of nitrogens with zero attached hydrogens (tertiary/aromatic N) is 1. The van der Waals surface area contributed by atoms with Crippen LogP contribution >= 0.6 is 0 Å². The minimum absolute atomic E-state index is 0.280. The average molecular weight is 231 g/mol. The molecule has 17 heavy (non-hydrogen) atoms. The zero-order valence-electron chi connectivity index (χ0n) is 9.23. The molecular formula is C12H13N3O2. The van der Waals surface area contributed by atoms with Crippen molar-refractivity contribution in [1.29, 1.82) is 0 Å². The molecule has 5 nitrogen and oxygen atoms in total. The highest BCUT2D eigenvalue weighted by Gasteiger charge is 2.20. The molecule has 0 unspecified atom stereocenters. The molecule has 1 aliphatic rings. The van der Waals surface area contributed by atoms with E-state index in [4.69, 9.17) is 5.11 Å². The number of hydrogen-bond donors (Lipinski definition) is 3. The van der Waals surface area contributed by atoms with E-state index in [9.17, 15) is 4.79 Å². The Hall–Kier alpha value is -1.88. The van der Waals surface area contributed by atoms with Gasteiger partial charge in [0.25, 0.3) is 0 Å². The van der Waals surface area contributed by atoms with Gasteiger partial charge < -0.3 is 15.4 Å². The van der Waals surface area contributed by atoms with Gasteiger partial charge in [0, 0.05) is 6.04 Å². The summed E-state index contributed by atoms with van der Waals surface area (Å²) in [6.07, 6.45) is 2.48. The molecule has 0 aliphatic heterocycles. The van der Waals surface area contributed by atoms with Crippen molar-refractivity contribution in [3.63, 3.8) is 0 Å². The van der Waals surface area contributed by atoms with Crippen LogP contribution in [-0.4, -0.2) is 27.1 Å². The van der Waals surface area contributed by atoms with Gasteiger partial charge >= 0.3 is 5.97 Å². The van der Waals surface area contributed by atoms with E-state index < -0.39 is 5.97 Å². The fourth-order valence-electron chi connectivity index (χ4n) is 1.81. The SMILES string of the molecule is O=C(O)c1ccc2nc(CNC3CC3)[nH]c2c1. The van der Waals surface area contributed by atoms with Crippen LogP contribution in [-0.2, 0) is 6.54 Å². The molecule has 3 rings (SSSR count). The number of aromatic amines is 1. The first-order valence-corrected chi connectivity index (χ1v) is 5.68. The Morgan fingerprint density at radius 2 is 2.35 bits per heavy atom. The molecule has 1 heterocycles. The summed E-state index contributed by atoms with van der Waals surface area (Å²) in [5.74, 6) is -0.0615. The number of carboxylic acids is 1. The molecule has 88 valence electrons. The van der Waals surface area contributed by atoms with Crippen LogP contribution in [0.15, 0.2) is 18.2 Å². The van der Waals surface area contributed by atoms with Crippen LogP contribution in [0, 0.1) is 0 Å². The fraction of sp³-hybridized carbons (Fsp3) is 0.333. The minimum atomic E-state index is -0.917. The highest BCUT2D eigenvalue weighted by molar-refractivity contribution is 5.92. The quantitative estimate of drug-likeness (QED) is 0.745. The minimum Gasteiger partial charge on any atom is -0.478 e. The molecule has 0 radical (unpaired) electrons. The highest BCUT2D eigenvalue weighted by atomic mass is 16.4. The van der Waals surface area contributed by atoms with Crippen LogP contribution in [0.4, 0.5) is 0 Å². The largest absolute Gasteiger partial charge is 0.478 e. The van der Waals surface area contributed by atoms with Gasteiger partial charge in [-0.2, -0.15) is 0 Å². The molecule has 1 fully saturated rings. The maximum absolute atomic E-state index is 10.8. The van der Waals surface area contributed by atoms with E-state index in [-0.39, 0.29) is 5.56 Å². The summed E-state index contributed by atoms with van der Waals surface area (Å²) in [5.41, 5.74) is 1.86. The predicted molar refractivity (Wildman–Crippen MR) is 62.9 cm³/mol. The normalized spacial score (nSPS) is 15.3. The third kappa shape index (κ3) is 2.14. The lowest BCUT2D eigenvalue weighted by Crippen LogP contribution is -2.16. The summed E-state index contributed by atoms with van der Waals surface area (Å²) in [7, 11) is 0. The Bertz CT molecular complexity index is 572. The average Bonchev–Trinajstić information content (AvgIpc) is 3.04. The van der Waals surface area contributed by atoms with Gasteiger partial charge in [0.15, 0.2) is 0 Å². The summed E-state index contributed by atoms with van der Waals surface area (Å²) in [5, 5.41) is 12.3. The van der Waals surface area contributed by atoms with Gasteiger partial charge in [-0.05, 0) is 31.0 Å². The molecule has 5 heteroatoms. The topological polar surface area (TPSA) is 78.0 Å². The molecule has 1 aromatic heterocycles. The van der Waals surface area contributed by atoms with Crippen LogP contribution in [0.3, 0.4) is 0 Å². The maximum Gasteiger partial charge on any atom is 0.335 e. The highest BCUT2D eigenvalue weighted by Crippen LogP contribution is 2.19. The van der Waals surface area contributed by atoms with Crippen molar-refractivity contribution in [3.05, 3.63) is 29.6 Å². The second-order valence-corrected chi connectivity index (χ2v) is 4.38. The van der Waals surface area contributed by atoms with Crippen molar-refractivity contribution in [2.75, 3.05) is 0 Å². The predicted octanol–water partition coefficient (Wildman–Crippen LogP) is 1.51. The van der Waals surface area contributed by atoms with Gasteiger partial charge in [0.05, 0.1) is 23.1 Å². The Morgan fingerprint density at radius 3 is 3.06 bits per heavy atom. The van der Waals surface area contributed by atoms with E-state index in [1.165, 1.54) is 12.8 Å². The molecule has 0 atom stereocenters. The summed E-state index contributed by atoms with van der Waals surface area (Å²) >= 11 is 0. The Morgan fingerprint density at radius 1 is 1.53 bits per heavy atom. The van der Waals surface area contributed by atoms with Crippen molar-refractivity contribution >= 4 is 17.0 Å². The molecule has 1 aliphatic carbocycles. The molecule has 0 amide bonds. The fourth-order valence-corrected chi connectivity index (χ4v) is 1.81. The van der Waals surface area contributed by atoms with Crippen molar-refractivity contribution in [3.8, 4) is 0 Å². The third-order valence-corrected chi connectivity index (χ3v) is 2.91. The number of imidazole rings is 1. The van der Waals surface area contributed by atoms with Crippen LogP contribution in [0.1, 0.15) is 29.0 Å². The van der Waals surface area contributed by atoms with E-state index in [1.54, 1.807) is 18.2 Å². The van der Waals surface area contributed by atoms with Gasteiger partial charge in [0.1, 0.15) is 5.82 Å². The van der Waals surface area contributed by atoms with E-state index in [0.717, 1.165) is 16.9 Å². The summed E-state index contributed by atoms with van der Waals surface area (Å²) < 4.78 is 0. The van der Waals surface area contributed by atoms with E-state index >= 15 is 0 Å². The molecule has 0 spiro atoms. The Labute approximate surface area is 97.9 Å². The van der Waals surface area contributed by atoms with E-state index in [0.29, 0.717) is 12.6 Å². The van der Waals surface area contributed by atoms with Crippen LogP contribution < -0.4 is 5.32 Å². The molecular weight excluding hydrogens is 218 g/mol. The summed E-state index contributed by atoms with van der Waals surface area (Å²) in [4.78, 5) is 18.4. The third-order valence-electron chi connectivity index (χ3n) is 2.91. The lowest BCUT2D eigenvalue weighted by molar-refractivity contribution is 0.0697. The standard InChI is InChI=1S/C12H13N3O2/c16-12(17)7-1-4-9-10(5-7)15-11(14-9)6-13-8-2-3-8/h1,4-5,8,13H,2-3,6H2,(H,14,15)(H,16,17). The molecule has 2 aromatic rings. The number of nitrogens with one attached hydrogen (secondary N) is 2. The van der Waals surface area contributed by atoms with Gasteiger partial charge in [0.2, 0.25) is 0 Å². The number of aromatic nitrogens is 2. The number of H-pyrrole nitrogens is 1. The van der Waals surface area contributed by atoms with Crippen LogP contribution in [0.25, 0.3) is 11.0 Å². The van der Waals surface area contributed by atoms with Crippen molar-refractivity contribution in [1.82, 2.24) is 15.3 Å². The van der Waals surface area contributed by atoms with Crippen molar-refractivity contribution in [2.45, 2.75) is 25.4 Å². The molecule has 0 saturated heterocycles. The van der Waals surface area contributed by atoms with Gasteiger partial charge in [-0.25, -0.2) is 9.78 Å². The van der Waals surface area contributed by atoms with Crippen molar-refractivity contribution < 1.29 is 9.90 Å². The molecule has 1 aromatic carbocycles. The number of carbonyl (C=O) groups is 1. The lowest BCUT2D eigenvalue weighted by atomic mass is 10.2. The second-order valence-electron chi connectivity index (χ2n) is 4.38. The summed E-state index contributed by atoms with van der Waals surface area (Å²) in [6.45, 7) is 0.710. The molecule has 1 saturated carbocycles. The first kappa shape index (κ1) is 10.3. The first-order chi connectivity index (χ1) is 8.22. The lowest BCUT2D eigenvalue weighted by Gasteiger charge is -1.96. The summed E-state index contributed by atoms with van der Waals surface area (Å²) in [6, 6.07) is 5.56. The Balaban J connectivity index is 1.86. The van der Waals surface area contributed by atoms with E-state index in [1.807, 2.05) is 0 Å². The van der Waals surface area contributed by atoms with Gasteiger partial charge in [-0.1, -0.05) is 0 Å². The second kappa shape index (κ2) is 3.85. The van der Waals surface area contributed by atoms with Crippen molar-refractivity contribution in [2.24, 2.45) is 0 Å². The van der Waals surface area contributed by atoms with Gasteiger partial charge in [-0.3, -0.25) is 0 Å². The molecule has 0 bridgehead atoms. The zero-order chi connectivity index (χ0) is 11.8. The number of benzene rings is 1. The zero-order valence-corrected chi connectivity index (χ0v) is 9.23. The maximum atomic E-state index is 10.8. The first-order valence-electron chi connectivity index (χ1n) is 5.68. The number of rotatable bonds is 4. The number of carboxylic acid groups (broad SMARTS) is 1. The van der Waals surface area contributed by atoms with E-state index in [2.05, 4.69) is 15.3 Å². The number of fused-ring (bicyclic) bond motifs is 1. The van der Waals surface area contributed by atoms with Crippen LogP contribution in [0.5, 0.6) is 0 Å². The number of hydrogen-bond acceptors (Lipinski definition) is 3. The monoisotopic (exact) mass is 231 g/mol. The number of aromatic carboxylic acids is 1. The van der Waals surface area contributed by atoms with Gasteiger partial charge in [-0.15, -0.1) is 0 Å². The smallest absolute Gasteiger partial charge is 0.335 e. The van der Waals surface area contributed by atoms with Crippen LogP contribution in [0.2, 0.25) is 0 Å². The Kier molecular flexibility index (Phi) is 2.33. The molecule has 3 N–H and O–H groups in total.